The molecule has 2 heteroatoms. The summed E-state index contributed by atoms with van der Waals surface area (Å²) in [5.41, 5.74) is 0. The lowest BCUT2D eigenvalue weighted by Gasteiger charge is -2.22. The topological polar surface area (TPSA) is 21.3 Å². The molecule has 0 aromatic heterocycles. The molecule has 2 aliphatic rings. The molecule has 1 saturated carbocycles. The predicted octanol–water partition coefficient (Wildman–Crippen LogP) is 2.34. The van der Waals surface area contributed by atoms with Crippen LogP contribution in [0.25, 0.3) is 0 Å². The van der Waals surface area contributed by atoms with E-state index in [1.54, 1.807) is 0 Å². The third kappa shape index (κ3) is 3.97. The number of ether oxygens (including phenoxy) is 1. The lowest BCUT2D eigenvalue weighted by atomic mass is 10.1. The molecule has 0 radical (unpaired) electrons. The summed E-state index contributed by atoms with van der Waals surface area (Å²) in [6.07, 6.45) is 10.0. The number of rotatable bonds is 6. The van der Waals surface area contributed by atoms with Gasteiger partial charge in [-0.1, -0.05) is 12.8 Å². The first-order valence-corrected chi connectivity index (χ1v) is 6.27. The highest BCUT2D eigenvalue weighted by Gasteiger charge is 2.20. The minimum atomic E-state index is 0.553. The van der Waals surface area contributed by atoms with E-state index in [2.05, 4.69) is 5.32 Å². The fourth-order valence-corrected chi connectivity index (χ4v) is 2.14. The van der Waals surface area contributed by atoms with E-state index in [-0.39, 0.29) is 0 Å². The number of hydrogen-bond acceptors (Lipinski definition) is 2. The third-order valence-corrected chi connectivity index (χ3v) is 3.34. The molecule has 2 nitrogen and oxygen atoms in total. The van der Waals surface area contributed by atoms with Crippen molar-refractivity contribution in [1.82, 2.24) is 5.32 Å². The van der Waals surface area contributed by atoms with Gasteiger partial charge in [-0.2, -0.15) is 0 Å². The van der Waals surface area contributed by atoms with Gasteiger partial charge in [0.25, 0.3) is 0 Å². The molecule has 0 spiro atoms. The summed E-state index contributed by atoms with van der Waals surface area (Å²) < 4.78 is 5.68. The molecule has 1 heterocycles. The molecule has 2 rings (SSSR count). The van der Waals surface area contributed by atoms with Crippen molar-refractivity contribution in [2.24, 2.45) is 5.92 Å². The molecule has 0 bridgehead atoms. The van der Waals surface area contributed by atoms with Gasteiger partial charge in [-0.15, -0.1) is 0 Å². The Bertz CT molecular complexity index is 150. The summed E-state index contributed by atoms with van der Waals surface area (Å²) >= 11 is 0. The first-order valence-electron chi connectivity index (χ1n) is 6.27. The van der Waals surface area contributed by atoms with Crippen LogP contribution in [0.2, 0.25) is 0 Å². The SMILES string of the molecule is C1CCC(CCNCCC2CC2)OC1. The summed E-state index contributed by atoms with van der Waals surface area (Å²) in [5.74, 6) is 1.06. The van der Waals surface area contributed by atoms with E-state index >= 15 is 0 Å². The van der Waals surface area contributed by atoms with E-state index in [0.29, 0.717) is 6.10 Å². The standard InChI is InChI=1S/C12H23NO/c1-2-10-14-12(3-1)7-9-13-8-6-11-4-5-11/h11-13H,1-10H2. The molecular weight excluding hydrogens is 174 g/mol. The zero-order valence-electron chi connectivity index (χ0n) is 9.13. The number of nitrogens with one attached hydrogen (secondary N) is 1. The van der Waals surface area contributed by atoms with Crippen molar-refractivity contribution in [3.8, 4) is 0 Å². The molecule has 1 aliphatic carbocycles. The van der Waals surface area contributed by atoms with E-state index in [4.69, 9.17) is 4.74 Å². The van der Waals surface area contributed by atoms with Gasteiger partial charge in [-0.3, -0.25) is 0 Å². The molecule has 1 aliphatic heterocycles. The van der Waals surface area contributed by atoms with Gasteiger partial charge in [0.15, 0.2) is 0 Å². The Kier molecular flexibility index (Phi) is 4.26. The van der Waals surface area contributed by atoms with Crippen molar-refractivity contribution in [3.05, 3.63) is 0 Å². The molecule has 0 amide bonds. The van der Waals surface area contributed by atoms with Crippen molar-refractivity contribution >= 4 is 0 Å². The van der Waals surface area contributed by atoms with Crippen LogP contribution in [-0.2, 0) is 4.74 Å². The average Bonchev–Trinajstić information content (AvgIpc) is 3.03. The predicted molar refractivity (Wildman–Crippen MR) is 58.4 cm³/mol. The van der Waals surface area contributed by atoms with Crippen LogP contribution < -0.4 is 5.32 Å². The van der Waals surface area contributed by atoms with Crippen molar-refractivity contribution in [1.29, 1.82) is 0 Å². The third-order valence-electron chi connectivity index (χ3n) is 3.34. The van der Waals surface area contributed by atoms with Gasteiger partial charge in [-0.25, -0.2) is 0 Å². The van der Waals surface area contributed by atoms with Crippen molar-refractivity contribution in [3.63, 3.8) is 0 Å². The second-order valence-corrected chi connectivity index (χ2v) is 4.76. The second-order valence-electron chi connectivity index (χ2n) is 4.76. The van der Waals surface area contributed by atoms with Crippen molar-refractivity contribution < 1.29 is 4.74 Å². The van der Waals surface area contributed by atoms with Crippen LogP contribution in [0.4, 0.5) is 0 Å². The molecule has 2 fully saturated rings. The van der Waals surface area contributed by atoms with Gasteiger partial charge in [-0.05, 0) is 51.1 Å². The van der Waals surface area contributed by atoms with Crippen molar-refractivity contribution in [2.75, 3.05) is 19.7 Å². The molecule has 0 aromatic rings. The van der Waals surface area contributed by atoms with Gasteiger partial charge in [0.05, 0.1) is 6.10 Å². The molecule has 14 heavy (non-hydrogen) atoms. The minimum Gasteiger partial charge on any atom is -0.378 e. The molecule has 1 unspecified atom stereocenters. The van der Waals surface area contributed by atoms with Crippen LogP contribution in [0.1, 0.15) is 44.9 Å². The molecule has 1 saturated heterocycles. The molecule has 0 aromatic carbocycles. The summed E-state index contributed by atoms with van der Waals surface area (Å²) in [7, 11) is 0. The molecular formula is C12H23NO. The van der Waals surface area contributed by atoms with Crippen LogP contribution in [0, 0.1) is 5.92 Å². The highest BCUT2D eigenvalue weighted by molar-refractivity contribution is 4.74. The molecule has 82 valence electrons. The molecule has 1 atom stereocenters. The zero-order valence-corrected chi connectivity index (χ0v) is 9.13. The Hall–Kier alpha value is -0.0800. The zero-order chi connectivity index (χ0) is 9.64. The Morgan fingerprint density at radius 2 is 1.86 bits per heavy atom. The lowest BCUT2D eigenvalue weighted by molar-refractivity contribution is 0.0116. The largest absolute Gasteiger partial charge is 0.378 e. The highest BCUT2D eigenvalue weighted by atomic mass is 16.5. The van der Waals surface area contributed by atoms with Gasteiger partial charge in [0.1, 0.15) is 0 Å². The fourth-order valence-electron chi connectivity index (χ4n) is 2.14. The Morgan fingerprint density at radius 3 is 2.57 bits per heavy atom. The maximum atomic E-state index is 5.68. The Labute approximate surface area is 87.4 Å². The van der Waals surface area contributed by atoms with Crippen molar-refractivity contribution in [2.45, 2.75) is 51.0 Å². The van der Waals surface area contributed by atoms with Gasteiger partial charge >= 0.3 is 0 Å². The maximum absolute atomic E-state index is 5.68. The highest BCUT2D eigenvalue weighted by Crippen LogP contribution is 2.31. The summed E-state index contributed by atoms with van der Waals surface area (Å²) in [4.78, 5) is 0. The summed E-state index contributed by atoms with van der Waals surface area (Å²) in [6, 6.07) is 0. The van der Waals surface area contributed by atoms with Crippen LogP contribution >= 0.6 is 0 Å². The molecule has 1 N–H and O–H groups in total. The van der Waals surface area contributed by atoms with E-state index in [1.165, 1.54) is 51.5 Å². The quantitative estimate of drug-likeness (QED) is 0.660. The van der Waals surface area contributed by atoms with Gasteiger partial charge in [0.2, 0.25) is 0 Å². The van der Waals surface area contributed by atoms with Crippen LogP contribution in [0.15, 0.2) is 0 Å². The summed E-state index contributed by atoms with van der Waals surface area (Å²) in [6.45, 7) is 3.36. The van der Waals surface area contributed by atoms with Gasteiger partial charge in [0, 0.05) is 6.61 Å². The van der Waals surface area contributed by atoms with Crippen LogP contribution in [0.3, 0.4) is 0 Å². The average molecular weight is 197 g/mol. The second kappa shape index (κ2) is 5.72. The fraction of sp³-hybridized carbons (Fsp3) is 1.00. The smallest absolute Gasteiger partial charge is 0.0587 e. The first kappa shape index (κ1) is 10.4. The lowest BCUT2D eigenvalue weighted by Crippen LogP contribution is -2.26. The Balaban J connectivity index is 1.41. The Morgan fingerprint density at radius 1 is 1.00 bits per heavy atom. The van der Waals surface area contributed by atoms with E-state index in [1.807, 2.05) is 0 Å². The normalized spacial score (nSPS) is 27.9. The number of hydrogen-bond donors (Lipinski definition) is 1. The van der Waals surface area contributed by atoms with E-state index in [0.717, 1.165) is 19.1 Å². The minimum absolute atomic E-state index is 0.553. The monoisotopic (exact) mass is 197 g/mol. The van der Waals surface area contributed by atoms with Gasteiger partial charge < -0.3 is 10.1 Å². The van der Waals surface area contributed by atoms with E-state index in [9.17, 15) is 0 Å². The van der Waals surface area contributed by atoms with Crippen LogP contribution in [0.5, 0.6) is 0 Å². The van der Waals surface area contributed by atoms with Crippen LogP contribution in [-0.4, -0.2) is 25.8 Å². The summed E-state index contributed by atoms with van der Waals surface area (Å²) in [5, 5.41) is 3.52. The van der Waals surface area contributed by atoms with E-state index < -0.39 is 0 Å². The first-order chi connectivity index (χ1) is 6.95. The maximum Gasteiger partial charge on any atom is 0.0587 e.